The summed E-state index contributed by atoms with van der Waals surface area (Å²) in [6, 6.07) is 9.60. The molecule has 0 N–H and O–H groups in total. The predicted octanol–water partition coefficient (Wildman–Crippen LogP) is 0.651. The predicted molar refractivity (Wildman–Crippen MR) is 88.9 cm³/mol. The number of carbonyl (C=O) groups excluding carboxylic acids is 1. The van der Waals surface area contributed by atoms with Gasteiger partial charge in [-0.1, -0.05) is 30.3 Å². The van der Waals surface area contributed by atoms with Crippen molar-refractivity contribution >= 4 is 15.9 Å². The van der Waals surface area contributed by atoms with Crippen molar-refractivity contribution in [2.24, 2.45) is 0 Å². The van der Waals surface area contributed by atoms with E-state index in [0.29, 0.717) is 13.1 Å². The van der Waals surface area contributed by atoms with E-state index in [9.17, 15) is 13.2 Å². The number of piperazine rings is 1. The van der Waals surface area contributed by atoms with Gasteiger partial charge >= 0.3 is 6.03 Å². The number of hydrogen-bond donors (Lipinski definition) is 0. The van der Waals surface area contributed by atoms with Gasteiger partial charge in [-0.05, 0) is 5.56 Å². The van der Waals surface area contributed by atoms with Crippen LogP contribution in [0.3, 0.4) is 0 Å². The maximum Gasteiger partial charge on any atom is 0.319 e. The Morgan fingerprint density at radius 3 is 2.43 bits per heavy atom. The second-order valence-corrected chi connectivity index (χ2v) is 8.69. The second kappa shape index (κ2) is 6.13. The van der Waals surface area contributed by atoms with E-state index in [2.05, 4.69) is 17.0 Å². The quantitative estimate of drug-likeness (QED) is 0.795. The highest BCUT2D eigenvalue weighted by Gasteiger charge is 2.48. The molecular weight excluding hydrogens is 314 g/mol. The van der Waals surface area contributed by atoms with Crippen molar-refractivity contribution in [3.8, 4) is 0 Å². The molecule has 2 aliphatic rings. The molecule has 2 heterocycles. The minimum absolute atomic E-state index is 0.0720. The van der Waals surface area contributed by atoms with Gasteiger partial charge in [-0.3, -0.25) is 4.90 Å². The minimum Gasteiger partial charge on any atom is -0.331 e. The van der Waals surface area contributed by atoms with Crippen LogP contribution in [0.5, 0.6) is 0 Å². The maximum absolute atomic E-state index is 12.4. The number of urea groups is 1. The fourth-order valence-corrected chi connectivity index (χ4v) is 5.55. The zero-order valence-corrected chi connectivity index (χ0v) is 14.4. The number of rotatable bonds is 2. The van der Waals surface area contributed by atoms with E-state index >= 15 is 0 Å². The number of nitrogens with zero attached hydrogens (tertiary/aromatic N) is 3. The molecule has 23 heavy (non-hydrogen) atoms. The average Bonchev–Trinajstić information content (AvgIpc) is 2.83. The highest BCUT2D eigenvalue weighted by atomic mass is 32.2. The molecule has 0 unspecified atom stereocenters. The molecule has 7 heteroatoms. The van der Waals surface area contributed by atoms with Crippen LogP contribution >= 0.6 is 0 Å². The Morgan fingerprint density at radius 2 is 1.78 bits per heavy atom. The smallest absolute Gasteiger partial charge is 0.319 e. The van der Waals surface area contributed by atoms with Crippen LogP contribution in [0.1, 0.15) is 5.56 Å². The fraction of sp³-hybridized carbons (Fsp3) is 0.562. The fourth-order valence-electron chi connectivity index (χ4n) is 3.53. The molecule has 0 aliphatic carbocycles. The Bertz CT molecular complexity index is 675. The summed E-state index contributed by atoms with van der Waals surface area (Å²) in [4.78, 5) is 17.8. The molecule has 1 aromatic rings. The highest BCUT2D eigenvalue weighted by molar-refractivity contribution is 7.91. The van der Waals surface area contributed by atoms with Crippen LogP contribution in [0.4, 0.5) is 4.79 Å². The molecule has 3 rings (SSSR count). The molecule has 2 fully saturated rings. The zero-order chi connectivity index (χ0) is 16.6. The van der Waals surface area contributed by atoms with Gasteiger partial charge in [-0.15, -0.1) is 0 Å². The molecule has 0 spiro atoms. The summed E-state index contributed by atoms with van der Waals surface area (Å²) in [6.07, 6.45) is 0. The molecule has 126 valence electrons. The van der Waals surface area contributed by atoms with Crippen LogP contribution in [0.15, 0.2) is 30.3 Å². The van der Waals surface area contributed by atoms with Crippen LogP contribution in [-0.2, 0) is 16.4 Å². The zero-order valence-electron chi connectivity index (χ0n) is 13.6. The van der Waals surface area contributed by atoms with Gasteiger partial charge in [0.25, 0.3) is 0 Å². The van der Waals surface area contributed by atoms with Gasteiger partial charge in [0, 0.05) is 39.8 Å². The first-order valence-electron chi connectivity index (χ1n) is 7.84. The molecule has 2 aliphatic heterocycles. The van der Waals surface area contributed by atoms with Crippen LogP contribution in [0.2, 0.25) is 0 Å². The summed E-state index contributed by atoms with van der Waals surface area (Å²) in [6.45, 7) is 1.99. The summed E-state index contributed by atoms with van der Waals surface area (Å²) in [7, 11) is 0.311. The SMILES string of the molecule is CN(C)C(=O)N1CCN(Cc2ccccc2)[C@@H]2CS(=O)(=O)C[C@@H]21. The van der Waals surface area contributed by atoms with Crippen molar-refractivity contribution < 1.29 is 13.2 Å². The molecule has 0 aromatic heterocycles. The highest BCUT2D eigenvalue weighted by Crippen LogP contribution is 2.28. The molecule has 0 radical (unpaired) electrons. The summed E-state index contributed by atoms with van der Waals surface area (Å²) >= 11 is 0. The normalized spacial score (nSPS) is 26.8. The minimum atomic E-state index is -3.10. The molecule has 1 aromatic carbocycles. The van der Waals surface area contributed by atoms with E-state index in [1.165, 1.54) is 10.5 Å². The van der Waals surface area contributed by atoms with E-state index in [-0.39, 0.29) is 29.6 Å². The topological polar surface area (TPSA) is 60.9 Å². The Labute approximate surface area is 137 Å². The molecule has 0 bridgehead atoms. The largest absolute Gasteiger partial charge is 0.331 e. The average molecular weight is 337 g/mol. The first-order chi connectivity index (χ1) is 10.9. The van der Waals surface area contributed by atoms with E-state index in [1.807, 2.05) is 18.2 Å². The number of fused-ring (bicyclic) bond motifs is 1. The number of amides is 2. The monoisotopic (exact) mass is 337 g/mol. The number of hydrogen-bond acceptors (Lipinski definition) is 4. The van der Waals surface area contributed by atoms with Gasteiger partial charge in [-0.25, -0.2) is 13.2 Å². The van der Waals surface area contributed by atoms with Gasteiger partial charge in [0.1, 0.15) is 0 Å². The number of sulfone groups is 1. The lowest BCUT2D eigenvalue weighted by Gasteiger charge is -2.44. The van der Waals surface area contributed by atoms with Crippen molar-refractivity contribution in [3.05, 3.63) is 35.9 Å². The number of carbonyl (C=O) groups is 1. The van der Waals surface area contributed by atoms with Gasteiger partial charge in [0.2, 0.25) is 0 Å². The van der Waals surface area contributed by atoms with Crippen molar-refractivity contribution in [3.63, 3.8) is 0 Å². The summed E-state index contributed by atoms with van der Waals surface area (Å²) in [5, 5.41) is 0. The van der Waals surface area contributed by atoms with E-state index in [1.54, 1.807) is 19.0 Å². The standard InChI is InChI=1S/C16H23N3O3S/c1-17(2)16(20)19-9-8-18(10-13-6-4-3-5-7-13)14-11-23(21,22)12-15(14)19/h3-7,14-15H,8-12H2,1-2H3/t14-,15+/m1/s1. The molecule has 0 saturated carbocycles. The lowest BCUT2D eigenvalue weighted by Crippen LogP contribution is -2.61. The van der Waals surface area contributed by atoms with Crippen molar-refractivity contribution in [1.29, 1.82) is 0 Å². The van der Waals surface area contributed by atoms with Gasteiger partial charge < -0.3 is 9.80 Å². The lowest BCUT2D eigenvalue weighted by molar-refractivity contribution is 0.0521. The lowest BCUT2D eigenvalue weighted by atomic mass is 10.0. The van der Waals surface area contributed by atoms with Crippen LogP contribution in [0, 0.1) is 0 Å². The maximum atomic E-state index is 12.4. The van der Waals surface area contributed by atoms with Crippen LogP contribution in [0.25, 0.3) is 0 Å². The van der Waals surface area contributed by atoms with Gasteiger partial charge in [0.15, 0.2) is 9.84 Å². The third-order valence-electron chi connectivity index (χ3n) is 4.65. The first-order valence-corrected chi connectivity index (χ1v) is 9.66. The van der Waals surface area contributed by atoms with Crippen LogP contribution < -0.4 is 0 Å². The van der Waals surface area contributed by atoms with Gasteiger partial charge in [0.05, 0.1) is 17.5 Å². The van der Waals surface area contributed by atoms with Crippen molar-refractivity contribution in [1.82, 2.24) is 14.7 Å². The van der Waals surface area contributed by atoms with E-state index in [0.717, 1.165) is 6.54 Å². The molecule has 6 nitrogen and oxygen atoms in total. The summed E-state index contributed by atoms with van der Waals surface area (Å²) in [5.41, 5.74) is 1.17. The van der Waals surface area contributed by atoms with Crippen molar-refractivity contribution in [2.45, 2.75) is 18.6 Å². The van der Waals surface area contributed by atoms with Crippen LogP contribution in [-0.4, -0.2) is 79.9 Å². The molecule has 2 atom stereocenters. The number of benzene rings is 1. The Balaban J connectivity index is 1.82. The van der Waals surface area contributed by atoms with Gasteiger partial charge in [-0.2, -0.15) is 0 Å². The molecule has 2 saturated heterocycles. The second-order valence-electron chi connectivity index (χ2n) is 6.54. The molecular formula is C16H23N3O3S. The van der Waals surface area contributed by atoms with Crippen molar-refractivity contribution in [2.75, 3.05) is 38.7 Å². The summed E-state index contributed by atoms with van der Waals surface area (Å²) in [5.74, 6) is 0.213. The Hall–Kier alpha value is -1.60. The van der Waals surface area contributed by atoms with E-state index in [4.69, 9.17) is 0 Å². The Kier molecular flexibility index (Phi) is 4.33. The third-order valence-corrected chi connectivity index (χ3v) is 6.35. The molecule has 2 amide bonds. The third kappa shape index (κ3) is 3.35. The first kappa shape index (κ1) is 16.3. The summed E-state index contributed by atoms with van der Waals surface area (Å²) < 4.78 is 24.3. The Morgan fingerprint density at radius 1 is 1.13 bits per heavy atom. The van der Waals surface area contributed by atoms with E-state index < -0.39 is 9.84 Å².